The van der Waals surface area contributed by atoms with Gasteiger partial charge in [0.05, 0.1) is 24.4 Å². The lowest BCUT2D eigenvalue weighted by atomic mass is 9.49. The topological polar surface area (TPSA) is 75.6 Å². The van der Waals surface area contributed by atoms with Gasteiger partial charge in [-0.15, -0.1) is 0 Å². The zero-order chi connectivity index (χ0) is 29.8. The van der Waals surface area contributed by atoms with E-state index < -0.39 is 11.4 Å². The first-order valence-corrected chi connectivity index (χ1v) is 16.2. The molecule has 1 heterocycles. The fraction of sp³-hybridized carbons (Fsp3) is 0.771. The van der Waals surface area contributed by atoms with Crippen LogP contribution in [0.1, 0.15) is 102 Å². The molecule has 7 nitrogen and oxygen atoms in total. The van der Waals surface area contributed by atoms with E-state index in [0.717, 1.165) is 63.5 Å². The van der Waals surface area contributed by atoms with Gasteiger partial charge in [-0.05, 0) is 80.4 Å². The summed E-state index contributed by atoms with van der Waals surface area (Å²) in [6.07, 6.45) is 7.66. The van der Waals surface area contributed by atoms with E-state index in [1.165, 1.54) is 16.7 Å². The highest BCUT2D eigenvalue weighted by atomic mass is 16.7. The van der Waals surface area contributed by atoms with E-state index in [9.17, 15) is 5.11 Å². The van der Waals surface area contributed by atoms with Crippen molar-refractivity contribution in [3.8, 4) is 0 Å². The van der Waals surface area contributed by atoms with Crippen molar-refractivity contribution in [3.05, 3.63) is 46.5 Å². The summed E-state index contributed by atoms with van der Waals surface area (Å²) in [5.41, 5.74) is 3.93. The first-order valence-electron chi connectivity index (χ1n) is 16.2. The third-order valence-electron chi connectivity index (χ3n) is 12.1. The van der Waals surface area contributed by atoms with Crippen LogP contribution in [0.5, 0.6) is 0 Å². The van der Waals surface area contributed by atoms with E-state index in [0.29, 0.717) is 31.5 Å². The quantitative estimate of drug-likeness (QED) is 0.203. The normalized spacial score (nSPS) is 41.0. The Morgan fingerprint density at radius 3 is 2.36 bits per heavy atom. The molecule has 4 aliphatic carbocycles. The van der Waals surface area contributed by atoms with Crippen molar-refractivity contribution < 1.29 is 33.5 Å². The second kappa shape index (κ2) is 11.6. The van der Waals surface area contributed by atoms with E-state index in [1.807, 2.05) is 14.0 Å². The Balaban J connectivity index is 1.42. The molecule has 42 heavy (non-hydrogen) atoms. The summed E-state index contributed by atoms with van der Waals surface area (Å²) in [7, 11) is 5.30. The summed E-state index contributed by atoms with van der Waals surface area (Å²) in [4.78, 5) is 0. The molecule has 0 amide bonds. The number of ether oxygens (including phenoxy) is 6. The zero-order valence-corrected chi connectivity index (χ0v) is 26.6. The minimum Gasteiger partial charge on any atom is -0.385 e. The standard InChI is InChI=1S/C35H52O7/c1-7-18-40-22-34(37-4)16-13-28-26-12-15-33(36)21-35(38-5,39-6)17-14-29(33)31(26)27(19-32(28,34)3)24-8-10-25(11-9-24)30-20-41-23(2)42-30/h8-11,23,26-28,30,36H,7,12-22H2,1-6H3/t23?,26-,27+,28-,30?,32-,33+,34+/m0/s1. The van der Waals surface area contributed by atoms with Crippen LogP contribution in [-0.4, -0.2) is 69.5 Å². The first-order chi connectivity index (χ1) is 20.2. The Kier molecular flexibility index (Phi) is 8.44. The summed E-state index contributed by atoms with van der Waals surface area (Å²) in [5, 5.41) is 12.3. The Morgan fingerprint density at radius 2 is 1.71 bits per heavy atom. The second-order valence-corrected chi connectivity index (χ2v) is 13.9. The van der Waals surface area contributed by atoms with Gasteiger partial charge in [-0.3, -0.25) is 0 Å². The maximum atomic E-state index is 12.3. The van der Waals surface area contributed by atoms with Crippen LogP contribution in [0.3, 0.4) is 0 Å². The van der Waals surface area contributed by atoms with Crippen LogP contribution >= 0.6 is 0 Å². The smallest absolute Gasteiger partial charge is 0.170 e. The van der Waals surface area contributed by atoms with E-state index in [1.54, 1.807) is 14.2 Å². The summed E-state index contributed by atoms with van der Waals surface area (Å²) >= 11 is 0. The highest BCUT2D eigenvalue weighted by Gasteiger charge is 2.65. The number of aliphatic hydroxyl groups is 1. The van der Waals surface area contributed by atoms with Gasteiger partial charge in [-0.25, -0.2) is 0 Å². The highest BCUT2D eigenvalue weighted by molar-refractivity contribution is 5.44. The Hall–Kier alpha value is -1.32. The first kappa shape index (κ1) is 30.7. The Bertz CT molecular complexity index is 1140. The number of allylic oxidation sites excluding steroid dienone is 1. The minimum atomic E-state index is -0.908. The molecule has 2 unspecified atom stereocenters. The van der Waals surface area contributed by atoms with Crippen LogP contribution in [0.15, 0.2) is 35.4 Å². The van der Waals surface area contributed by atoms with Crippen LogP contribution in [0, 0.1) is 17.3 Å². The molecule has 7 heteroatoms. The van der Waals surface area contributed by atoms with Crippen molar-refractivity contribution in [1.29, 1.82) is 0 Å². The van der Waals surface area contributed by atoms with Crippen molar-refractivity contribution >= 4 is 0 Å². The number of methoxy groups -OCH3 is 3. The summed E-state index contributed by atoms with van der Waals surface area (Å²) < 4.78 is 36.2. The third-order valence-corrected chi connectivity index (χ3v) is 12.1. The number of benzene rings is 1. The van der Waals surface area contributed by atoms with E-state index in [4.69, 9.17) is 28.4 Å². The van der Waals surface area contributed by atoms with Gasteiger partial charge in [0.1, 0.15) is 6.10 Å². The molecular formula is C35H52O7. The molecule has 8 atom stereocenters. The van der Waals surface area contributed by atoms with E-state index in [-0.39, 0.29) is 29.3 Å². The molecule has 5 aliphatic rings. The molecular weight excluding hydrogens is 532 g/mol. The van der Waals surface area contributed by atoms with Gasteiger partial charge in [0.2, 0.25) is 0 Å². The maximum Gasteiger partial charge on any atom is 0.170 e. The van der Waals surface area contributed by atoms with Gasteiger partial charge < -0.3 is 33.5 Å². The molecule has 1 N–H and O–H groups in total. The van der Waals surface area contributed by atoms with Gasteiger partial charge in [0.15, 0.2) is 12.1 Å². The van der Waals surface area contributed by atoms with E-state index >= 15 is 0 Å². The summed E-state index contributed by atoms with van der Waals surface area (Å²) in [5.74, 6) is 0.370. The second-order valence-electron chi connectivity index (χ2n) is 13.9. The van der Waals surface area contributed by atoms with E-state index in [2.05, 4.69) is 38.1 Å². The van der Waals surface area contributed by atoms with Gasteiger partial charge in [0, 0.05) is 52.1 Å². The minimum absolute atomic E-state index is 0.0295. The maximum absolute atomic E-state index is 12.3. The zero-order valence-electron chi connectivity index (χ0n) is 26.6. The fourth-order valence-corrected chi connectivity index (χ4v) is 9.74. The highest BCUT2D eigenvalue weighted by Crippen LogP contribution is 2.68. The predicted octanol–water partition coefficient (Wildman–Crippen LogP) is 6.45. The number of rotatable bonds is 9. The molecule has 0 bridgehead atoms. The SMILES string of the molecule is CCCOC[C@]1(OC)CC[C@H]2[C@@H]3CC[C@@]4(O)CC(OC)(OC)CCC4=C3[C@@H](c3ccc(C4COC(C)O4)cc3)C[C@@]21C. The molecule has 0 radical (unpaired) electrons. The monoisotopic (exact) mass is 584 g/mol. The van der Waals surface area contributed by atoms with Crippen LogP contribution in [0.2, 0.25) is 0 Å². The van der Waals surface area contributed by atoms with Gasteiger partial charge in [-0.1, -0.05) is 43.7 Å². The lowest BCUT2D eigenvalue weighted by Crippen LogP contribution is -2.57. The van der Waals surface area contributed by atoms with Gasteiger partial charge >= 0.3 is 0 Å². The van der Waals surface area contributed by atoms with Crippen molar-refractivity contribution in [2.24, 2.45) is 17.3 Å². The van der Waals surface area contributed by atoms with Crippen LogP contribution in [0.25, 0.3) is 0 Å². The van der Waals surface area contributed by atoms with Crippen molar-refractivity contribution in [2.75, 3.05) is 41.2 Å². The molecule has 1 saturated heterocycles. The van der Waals surface area contributed by atoms with Crippen LogP contribution < -0.4 is 0 Å². The number of hydrogen-bond acceptors (Lipinski definition) is 7. The van der Waals surface area contributed by atoms with Crippen molar-refractivity contribution in [2.45, 2.75) is 114 Å². The molecule has 0 aromatic heterocycles. The largest absolute Gasteiger partial charge is 0.385 e. The summed E-state index contributed by atoms with van der Waals surface area (Å²) in [6.45, 7) is 8.57. The molecule has 0 spiro atoms. The molecule has 4 fully saturated rings. The molecule has 1 aromatic rings. The molecule has 6 rings (SSSR count). The van der Waals surface area contributed by atoms with Gasteiger partial charge in [-0.2, -0.15) is 0 Å². The van der Waals surface area contributed by atoms with Crippen LogP contribution in [-0.2, 0) is 28.4 Å². The number of fused-ring (bicyclic) bond motifs is 4. The van der Waals surface area contributed by atoms with Crippen LogP contribution in [0.4, 0.5) is 0 Å². The lowest BCUT2D eigenvalue weighted by molar-refractivity contribution is -0.246. The fourth-order valence-electron chi connectivity index (χ4n) is 9.74. The van der Waals surface area contributed by atoms with Gasteiger partial charge in [0.25, 0.3) is 0 Å². The lowest BCUT2D eigenvalue weighted by Gasteiger charge is -2.58. The number of hydrogen-bond donors (Lipinski definition) is 1. The van der Waals surface area contributed by atoms with Crippen molar-refractivity contribution in [1.82, 2.24) is 0 Å². The molecule has 234 valence electrons. The molecule has 1 aromatic carbocycles. The molecule has 3 saturated carbocycles. The molecule has 1 aliphatic heterocycles. The average molecular weight is 585 g/mol. The average Bonchev–Trinajstić information content (AvgIpc) is 3.57. The summed E-state index contributed by atoms with van der Waals surface area (Å²) in [6, 6.07) is 9.02. The Labute approximate surface area is 252 Å². The van der Waals surface area contributed by atoms with Crippen molar-refractivity contribution in [3.63, 3.8) is 0 Å². The Morgan fingerprint density at radius 1 is 0.976 bits per heavy atom. The third kappa shape index (κ3) is 4.83. The predicted molar refractivity (Wildman–Crippen MR) is 160 cm³/mol.